The molecule has 1 heterocycles. The lowest BCUT2D eigenvalue weighted by Gasteiger charge is -2.24. The molecule has 172 valence electrons. The van der Waals surface area contributed by atoms with Gasteiger partial charge in [0.15, 0.2) is 9.84 Å². The summed E-state index contributed by atoms with van der Waals surface area (Å²) in [7, 11) is -3.40. The monoisotopic (exact) mass is 469 g/mol. The van der Waals surface area contributed by atoms with Gasteiger partial charge in [0.1, 0.15) is 0 Å². The molecule has 1 fully saturated rings. The smallest absolute Gasteiger partial charge is 0.295 e. The number of aromatic nitrogens is 1. The molecule has 0 spiro atoms. The van der Waals surface area contributed by atoms with E-state index in [9.17, 15) is 28.2 Å². The number of rotatable bonds is 4. The number of benzene rings is 2. The van der Waals surface area contributed by atoms with Gasteiger partial charge < -0.3 is 10.2 Å². The summed E-state index contributed by atoms with van der Waals surface area (Å²) in [5, 5.41) is 29.0. The van der Waals surface area contributed by atoms with E-state index in [1.54, 1.807) is 0 Å². The minimum atomic E-state index is -3.40. The molecule has 1 aromatic heterocycles. The molecule has 1 saturated carbocycles. The first kappa shape index (κ1) is 22.7. The van der Waals surface area contributed by atoms with Gasteiger partial charge in [0.05, 0.1) is 4.90 Å². The highest BCUT2D eigenvalue weighted by molar-refractivity contribution is 7.90. The molecule has 1 aliphatic rings. The number of fused-ring (bicyclic) bond motifs is 1. The molecule has 33 heavy (non-hydrogen) atoms. The third kappa shape index (κ3) is 4.51. The number of carbonyl (C=O) groups excluding carboxylic acids is 2. The van der Waals surface area contributed by atoms with Gasteiger partial charge in [-0.2, -0.15) is 0 Å². The largest absolute Gasteiger partial charge is 0.494 e. The van der Waals surface area contributed by atoms with E-state index in [2.05, 4.69) is 10.2 Å². The number of sulfone groups is 1. The Labute approximate surface area is 190 Å². The Morgan fingerprint density at radius 3 is 2.00 bits per heavy atom. The van der Waals surface area contributed by atoms with Crippen molar-refractivity contribution in [3.8, 4) is 11.8 Å². The van der Waals surface area contributed by atoms with Crippen LogP contribution in [0.4, 0.5) is 0 Å². The van der Waals surface area contributed by atoms with E-state index in [1.807, 2.05) is 0 Å². The van der Waals surface area contributed by atoms with Crippen molar-refractivity contribution in [1.82, 2.24) is 4.57 Å². The van der Waals surface area contributed by atoms with Crippen molar-refractivity contribution in [3.63, 3.8) is 0 Å². The number of aromatic hydroxyl groups is 2. The highest BCUT2D eigenvalue weighted by atomic mass is 32.2. The van der Waals surface area contributed by atoms with Gasteiger partial charge in [0.2, 0.25) is 11.8 Å². The lowest BCUT2D eigenvalue weighted by atomic mass is 9.95. The molecule has 1 aliphatic carbocycles. The minimum Gasteiger partial charge on any atom is -0.494 e. The molecular weight excluding hydrogens is 446 g/mol. The minimum absolute atomic E-state index is 0.00306. The highest BCUT2D eigenvalue weighted by Gasteiger charge is 2.25. The van der Waals surface area contributed by atoms with Crippen LogP contribution in [-0.2, 0) is 9.84 Å². The molecule has 2 aromatic carbocycles. The second-order valence-electron chi connectivity index (χ2n) is 8.18. The van der Waals surface area contributed by atoms with Crippen LogP contribution in [0.15, 0.2) is 57.6 Å². The van der Waals surface area contributed by atoms with Crippen molar-refractivity contribution in [3.05, 3.63) is 53.6 Å². The van der Waals surface area contributed by atoms with Crippen LogP contribution >= 0.6 is 0 Å². The molecule has 0 aliphatic heterocycles. The molecule has 10 heteroatoms. The number of carbonyl (C=O) groups is 2. The van der Waals surface area contributed by atoms with Crippen LogP contribution in [0.2, 0.25) is 0 Å². The van der Waals surface area contributed by atoms with Crippen molar-refractivity contribution < 1.29 is 28.2 Å². The maximum absolute atomic E-state index is 12.5. The number of amides is 2. The quantitative estimate of drug-likeness (QED) is 0.543. The van der Waals surface area contributed by atoms with Crippen molar-refractivity contribution >= 4 is 32.4 Å². The van der Waals surface area contributed by atoms with Crippen molar-refractivity contribution in [2.75, 3.05) is 6.26 Å². The summed E-state index contributed by atoms with van der Waals surface area (Å²) in [6.45, 7) is 0. The zero-order valence-corrected chi connectivity index (χ0v) is 18.7. The molecule has 2 N–H and O–H groups in total. The van der Waals surface area contributed by atoms with Crippen LogP contribution in [0.25, 0.3) is 10.8 Å². The van der Waals surface area contributed by atoms with E-state index in [0.29, 0.717) is 10.8 Å². The van der Waals surface area contributed by atoms with E-state index in [1.165, 1.54) is 47.0 Å². The second kappa shape index (κ2) is 8.78. The van der Waals surface area contributed by atoms with Crippen molar-refractivity contribution in [1.29, 1.82) is 0 Å². The van der Waals surface area contributed by atoms with E-state index in [-0.39, 0.29) is 33.8 Å². The van der Waals surface area contributed by atoms with Gasteiger partial charge in [-0.25, -0.2) is 8.42 Å². The first-order chi connectivity index (χ1) is 15.7. The highest BCUT2D eigenvalue weighted by Crippen LogP contribution is 2.43. The number of azo groups is 1. The second-order valence-corrected chi connectivity index (χ2v) is 10.2. The van der Waals surface area contributed by atoms with E-state index >= 15 is 0 Å². The Morgan fingerprint density at radius 2 is 1.39 bits per heavy atom. The molecule has 0 bridgehead atoms. The molecule has 0 atom stereocenters. The molecule has 0 unspecified atom stereocenters. The Bertz CT molecular complexity index is 1370. The molecule has 2 amide bonds. The SMILES string of the molecule is CS(=O)(=O)c1ccc(C(=O)N=NC(=O)c2ccc3c(O)n(C4CCCCC4)c(O)c3c2)cc1. The Hall–Kier alpha value is -3.53. The summed E-state index contributed by atoms with van der Waals surface area (Å²) in [5.41, 5.74) is 0.184. The van der Waals surface area contributed by atoms with E-state index in [0.717, 1.165) is 38.4 Å². The summed E-state index contributed by atoms with van der Waals surface area (Å²) in [6.07, 6.45) is 5.94. The van der Waals surface area contributed by atoms with Gasteiger partial charge in [-0.1, -0.05) is 19.3 Å². The van der Waals surface area contributed by atoms with Gasteiger partial charge >= 0.3 is 0 Å². The van der Waals surface area contributed by atoms with Gasteiger partial charge in [-0.15, -0.1) is 10.2 Å². The van der Waals surface area contributed by atoms with E-state index in [4.69, 9.17) is 0 Å². The van der Waals surface area contributed by atoms with Gasteiger partial charge in [0.25, 0.3) is 11.8 Å². The normalized spacial score (nSPS) is 15.3. The fourth-order valence-corrected chi connectivity index (χ4v) is 4.78. The maximum atomic E-state index is 12.5. The first-order valence-electron chi connectivity index (χ1n) is 10.5. The Balaban J connectivity index is 1.56. The summed E-state index contributed by atoms with van der Waals surface area (Å²) in [6, 6.07) is 9.53. The van der Waals surface area contributed by atoms with Crippen LogP contribution in [0.5, 0.6) is 11.8 Å². The molecule has 3 aromatic rings. The summed E-state index contributed by atoms with van der Waals surface area (Å²) in [5.74, 6) is -1.73. The molecular formula is C23H23N3O6S. The predicted molar refractivity (Wildman–Crippen MR) is 120 cm³/mol. The van der Waals surface area contributed by atoms with Crippen molar-refractivity contribution in [2.24, 2.45) is 10.2 Å². The summed E-state index contributed by atoms with van der Waals surface area (Å²) >= 11 is 0. The fourth-order valence-electron chi connectivity index (χ4n) is 4.15. The number of nitrogens with zero attached hydrogens (tertiary/aromatic N) is 3. The van der Waals surface area contributed by atoms with Gasteiger partial charge in [-0.3, -0.25) is 14.2 Å². The number of hydrogen-bond donors (Lipinski definition) is 2. The maximum Gasteiger partial charge on any atom is 0.295 e. The fraction of sp³-hybridized carbons (Fsp3) is 0.304. The third-order valence-corrected chi connectivity index (χ3v) is 7.03. The molecule has 9 nitrogen and oxygen atoms in total. The van der Waals surface area contributed by atoms with Crippen LogP contribution in [0, 0.1) is 0 Å². The zero-order chi connectivity index (χ0) is 23.8. The van der Waals surface area contributed by atoms with Crippen LogP contribution in [0.3, 0.4) is 0 Å². The van der Waals surface area contributed by atoms with Crippen LogP contribution in [-0.4, -0.2) is 41.3 Å². The molecule has 0 radical (unpaired) electrons. The average molecular weight is 470 g/mol. The van der Waals surface area contributed by atoms with Crippen LogP contribution in [0.1, 0.15) is 58.9 Å². The standard InChI is InChI=1S/C23H23N3O6S/c1-33(31,32)17-10-7-14(8-11-17)20(27)24-25-21(28)15-9-12-18-19(13-15)23(30)26(22(18)29)16-5-3-2-4-6-16/h7-13,16,29-30H,2-6H2,1H3. The average Bonchev–Trinajstić information content (AvgIpc) is 3.06. The lowest BCUT2D eigenvalue weighted by molar-refractivity contribution is 0.0947. The topological polar surface area (TPSA) is 138 Å². The number of hydrogen-bond acceptors (Lipinski definition) is 6. The van der Waals surface area contributed by atoms with E-state index < -0.39 is 21.7 Å². The van der Waals surface area contributed by atoms with Crippen LogP contribution < -0.4 is 0 Å². The Morgan fingerprint density at radius 1 is 0.848 bits per heavy atom. The summed E-state index contributed by atoms with van der Waals surface area (Å²) < 4.78 is 24.5. The predicted octanol–water partition coefficient (Wildman–Crippen LogP) is 4.39. The third-order valence-electron chi connectivity index (χ3n) is 5.91. The van der Waals surface area contributed by atoms with Gasteiger partial charge in [-0.05, 0) is 55.3 Å². The molecule has 4 rings (SSSR count). The van der Waals surface area contributed by atoms with Crippen molar-refractivity contribution in [2.45, 2.75) is 43.0 Å². The summed E-state index contributed by atoms with van der Waals surface area (Å²) in [4.78, 5) is 24.7. The zero-order valence-electron chi connectivity index (χ0n) is 17.9. The van der Waals surface area contributed by atoms with Gasteiger partial charge in [0, 0.05) is 34.2 Å². The molecule has 0 saturated heterocycles. The lowest BCUT2D eigenvalue weighted by Crippen LogP contribution is -2.11. The first-order valence-corrected chi connectivity index (χ1v) is 12.4. The Kier molecular flexibility index (Phi) is 6.03.